The number of amides is 1. The van der Waals surface area contributed by atoms with Crippen LogP contribution in [0.4, 0.5) is 11.6 Å². The number of carbonyl (C=O) groups excluding carboxylic acids is 2. The first kappa shape index (κ1) is 20.7. The van der Waals surface area contributed by atoms with Gasteiger partial charge in [0.1, 0.15) is 0 Å². The minimum atomic E-state index is -0.270. The van der Waals surface area contributed by atoms with Crippen molar-refractivity contribution < 1.29 is 14.0 Å². The van der Waals surface area contributed by atoms with E-state index >= 15 is 0 Å². The number of imidazole rings is 1. The molecule has 0 atom stereocenters. The fraction of sp³-hybridized carbons (Fsp3) is 0.0833. The molecule has 9 heteroatoms. The Morgan fingerprint density at radius 2 is 1.94 bits per heavy atom. The fourth-order valence-electron chi connectivity index (χ4n) is 3.32. The minimum Gasteiger partial charge on any atom is -0.440 e. The number of aromatic nitrogens is 3. The van der Waals surface area contributed by atoms with Crippen molar-refractivity contribution in [3.63, 3.8) is 0 Å². The van der Waals surface area contributed by atoms with E-state index in [1.807, 2.05) is 42.5 Å². The monoisotopic (exact) mass is 457 g/mol. The molecule has 8 nitrogen and oxygen atoms in total. The maximum Gasteiger partial charge on any atom is 0.268 e. The molecule has 3 N–H and O–H groups in total. The van der Waals surface area contributed by atoms with Crippen LogP contribution in [0.2, 0.25) is 0 Å². The molecule has 3 aromatic heterocycles. The standard InChI is InChI=1S/C24H19N5O3S/c1-14-25-13-20(32-14)21-9-10-22(33-21)23(31)29-24-27-17-8-7-16(11-18(17)28-24)26-12-19(30)15-5-3-2-4-6-15/h2-11,13,26H,12H2,1H3,(H2,27,28,29,31). The van der Waals surface area contributed by atoms with Gasteiger partial charge in [-0.25, -0.2) is 9.97 Å². The topological polar surface area (TPSA) is 113 Å². The lowest BCUT2D eigenvalue weighted by Gasteiger charge is -2.05. The number of hydrogen-bond donors (Lipinski definition) is 3. The molecule has 0 aliphatic heterocycles. The van der Waals surface area contributed by atoms with Gasteiger partial charge >= 0.3 is 0 Å². The maximum atomic E-state index is 12.7. The van der Waals surface area contributed by atoms with E-state index in [0.717, 1.165) is 16.1 Å². The molecular weight excluding hydrogens is 438 g/mol. The predicted molar refractivity (Wildman–Crippen MR) is 128 cm³/mol. The Balaban J connectivity index is 1.25. The van der Waals surface area contributed by atoms with Crippen LogP contribution in [0, 0.1) is 6.92 Å². The third-order valence-corrected chi connectivity index (χ3v) is 6.06. The van der Waals surface area contributed by atoms with Crippen LogP contribution in [0.5, 0.6) is 0 Å². The quantitative estimate of drug-likeness (QED) is 0.292. The van der Waals surface area contributed by atoms with Crippen LogP contribution in [0.25, 0.3) is 21.7 Å². The Labute approximate surface area is 192 Å². The van der Waals surface area contributed by atoms with Crippen molar-refractivity contribution in [3.8, 4) is 10.6 Å². The van der Waals surface area contributed by atoms with Crippen LogP contribution in [0.1, 0.15) is 25.9 Å². The second-order valence-electron chi connectivity index (χ2n) is 7.32. The van der Waals surface area contributed by atoms with Crippen molar-refractivity contribution in [2.75, 3.05) is 17.2 Å². The van der Waals surface area contributed by atoms with E-state index in [-0.39, 0.29) is 18.2 Å². The zero-order valence-corrected chi connectivity index (χ0v) is 18.4. The van der Waals surface area contributed by atoms with Crippen LogP contribution in [0.3, 0.4) is 0 Å². The van der Waals surface area contributed by atoms with E-state index in [0.29, 0.717) is 33.6 Å². The van der Waals surface area contributed by atoms with E-state index in [1.165, 1.54) is 11.3 Å². The average Bonchev–Trinajstić information content (AvgIpc) is 3.56. The first-order chi connectivity index (χ1) is 16.0. The molecule has 0 aliphatic carbocycles. The van der Waals surface area contributed by atoms with E-state index in [4.69, 9.17) is 4.42 Å². The number of nitrogens with one attached hydrogen (secondary N) is 3. The first-order valence-electron chi connectivity index (χ1n) is 10.2. The number of hydrogen-bond acceptors (Lipinski definition) is 7. The molecule has 0 spiro atoms. The van der Waals surface area contributed by atoms with E-state index in [9.17, 15) is 9.59 Å². The summed E-state index contributed by atoms with van der Waals surface area (Å²) in [5.74, 6) is 1.28. The molecule has 0 unspecified atom stereocenters. The van der Waals surface area contributed by atoms with Crippen molar-refractivity contribution in [1.82, 2.24) is 15.0 Å². The number of benzene rings is 2. The molecule has 0 radical (unpaired) electrons. The van der Waals surface area contributed by atoms with Gasteiger partial charge in [0.25, 0.3) is 5.91 Å². The normalized spacial score (nSPS) is 10.9. The number of Topliss-reactive ketones (excluding diaryl/α,β-unsaturated/α-hetero) is 1. The lowest BCUT2D eigenvalue weighted by molar-refractivity contribution is 0.100. The predicted octanol–water partition coefficient (Wildman–Crippen LogP) is 5.13. The largest absolute Gasteiger partial charge is 0.440 e. The van der Waals surface area contributed by atoms with Crippen molar-refractivity contribution in [3.05, 3.63) is 83.2 Å². The number of carbonyl (C=O) groups is 2. The van der Waals surface area contributed by atoms with Crippen molar-refractivity contribution in [2.24, 2.45) is 0 Å². The Morgan fingerprint density at radius 1 is 1.09 bits per heavy atom. The second kappa shape index (κ2) is 8.71. The number of ketones is 1. The number of H-pyrrole nitrogens is 1. The van der Waals surface area contributed by atoms with Crippen LogP contribution in [-0.4, -0.2) is 33.2 Å². The number of oxazole rings is 1. The molecule has 0 fully saturated rings. The van der Waals surface area contributed by atoms with Gasteiger partial charge in [0.2, 0.25) is 5.95 Å². The fourth-order valence-corrected chi connectivity index (χ4v) is 4.17. The number of aryl methyl sites for hydroxylation is 1. The molecule has 33 heavy (non-hydrogen) atoms. The van der Waals surface area contributed by atoms with E-state index in [1.54, 1.807) is 31.3 Å². The number of thiophene rings is 1. The van der Waals surface area contributed by atoms with Gasteiger partial charge in [0, 0.05) is 18.2 Å². The van der Waals surface area contributed by atoms with E-state index < -0.39 is 0 Å². The molecule has 0 aliphatic rings. The number of fused-ring (bicyclic) bond motifs is 1. The summed E-state index contributed by atoms with van der Waals surface area (Å²) in [6.07, 6.45) is 1.64. The van der Waals surface area contributed by atoms with Gasteiger partial charge in [-0.2, -0.15) is 0 Å². The Hall–Kier alpha value is -4.24. The van der Waals surface area contributed by atoms with Crippen molar-refractivity contribution in [1.29, 1.82) is 0 Å². The molecule has 2 aromatic carbocycles. The zero-order chi connectivity index (χ0) is 22.8. The molecule has 5 aromatic rings. The number of anilines is 2. The van der Waals surface area contributed by atoms with Gasteiger partial charge in [0.05, 0.1) is 33.5 Å². The third-order valence-electron chi connectivity index (χ3n) is 4.96. The number of aromatic amines is 1. The summed E-state index contributed by atoms with van der Waals surface area (Å²) in [5.41, 5.74) is 2.88. The molecule has 0 saturated heterocycles. The lowest BCUT2D eigenvalue weighted by atomic mass is 10.1. The smallest absolute Gasteiger partial charge is 0.268 e. The highest BCUT2D eigenvalue weighted by Crippen LogP contribution is 2.29. The molecule has 1 amide bonds. The SMILES string of the molecule is Cc1ncc(-c2ccc(C(=O)Nc3nc4ccc(NCC(=O)c5ccccc5)cc4[nH]3)s2)o1. The van der Waals surface area contributed by atoms with Gasteiger partial charge in [0.15, 0.2) is 17.4 Å². The highest BCUT2D eigenvalue weighted by atomic mass is 32.1. The zero-order valence-electron chi connectivity index (χ0n) is 17.6. The van der Waals surface area contributed by atoms with Gasteiger partial charge in [-0.15, -0.1) is 11.3 Å². The Kier molecular flexibility index (Phi) is 5.45. The van der Waals surface area contributed by atoms with Crippen molar-refractivity contribution in [2.45, 2.75) is 6.92 Å². The van der Waals surface area contributed by atoms with Crippen LogP contribution >= 0.6 is 11.3 Å². The van der Waals surface area contributed by atoms with Gasteiger partial charge < -0.3 is 14.7 Å². The number of nitrogens with zero attached hydrogens (tertiary/aromatic N) is 2. The van der Waals surface area contributed by atoms with Gasteiger partial charge in [-0.05, 0) is 30.3 Å². The van der Waals surface area contributed by atoms with Crippen LogP contribution < -0.4 is 10.6 Å². The highest BCUT2D eigenvalue weighted by Gasteiger charge is 2.15. The van der Waals surface area contributed by atoms with Crippen LogP contribution in [0.15, 0.2) is 71.3 Å². The summed E-state index contributed by atoms with van der Waals surface area (Å²) in [6.45, 7) is 1.95. The summed E-state index contributed by atoms with van der Waals surface area (Å²) in [6, 6.07) is 18.2. The highest BCUT2D eigenvalue weighted by molar-refractivity contribution is 7.17. The average molecular weight is 458 g/mol. The minimum absolute atomic E-state index is 0.00377. The summed E-state index contributed by atoms with van der Waals surface area (Å²) in [7, 11) is 0. The molecule has 3 heterocycles. The maximum absolute atomic E-state index is 12.7. The van der Waals surface area contributed by atoms with Gasteiger partial charge in [-0.1, -0.05) is 30.3 Å². The Morgan fingerprint density at radius 3 is 2.73 bits per heavy atom. The molecule has 164 valence electrons. The Bertz CT molecular complexity index is 1450. The molecule has 0 bridgehead atoms. The van der Waals surface area contributed by atoms with Gasteiger partial charge in [-0.3, -0.25) is 14.9 Å². The lowest BCUT2D eigenvalue weighted by Crippen LogP contribution is -2.13. The van der Waals surface area contributed by atoms with Crippen molar-refractivity contribution >= 4 is 45.7 Å². The summed E-state index contributed by atoms with van der Waals surface area (Å²) in [4.78, 5) is 37.9. The van der Waals surface area contributed by atoms with E-state index in [2.05, 4.69) is 25.6 Å². The third kappa shape index (κ3) is 4.53. The molecular formula is C24H19N5O3S. The van der Waals surface area contributed by atoms with Crippen LogP contribution in [-0.2, 0) is 0 Å². The second-order valence-corrected chi connectivity index (χ2v) is 8.41. The summed E-state index contributed by atoms with van der Waals surface area (Å²) < 4.78 is 5.51. The number of rotatable bonds is 7. The summed E-state index contributed by atoms with van der Waals surface area (Å²) in [5, 5.41) is 5.93. The molecule has 0 saturated carbocycles. The first-order valence-corrected chi connectivity index (χ1v) is 11.0. The molecule has 5 rings (SSSR count). The summed E-state index contributed by atoms with van der Waals surface area (Å²) >= 11 is 1.31.